The van der Waals surface area contributed by atoms with Gasteiger partial charge in [0.05, 0.1) is 0 Å². The molecule has 2 nitrogen and oxygen atoms in total. The highest BCUT2D eigenvalue weighted by Gasteiger charge is 2.20. The van der Waals surface area contributed by atoms with Gasteiger partial charge in [-0.25, -0.2) is 0 Å². The molecule has 2 rings (SSSR count). The molecule has 3 N–H and O–H groups in total. The number of halogens is 1. The number of hydrogen-bond donors (Lipinski definition) is 2. The van der Waals surface area contributed by atoms with Gasteiger partial charge in [-0.05, 0) is 72.4 Å². The highest BCUT2D eigenvalue weighted by atomic mass is 127. The van der Waals surface area contributed by atoms with Gasteiger partial charge in [-0.15, -0.1) is 0 Å². The van der Waals surface area contributed by atoms with Crippen LogP contribution in [0.25, 0.3) is 0 Å². The van der Waals surface area contributed by atoms with Crippen LogP contribution in [-0.2, 0) is 0 Å². The maximum atomic E-state index is 5.78. The smallest absolute Gasteiger partial charge is 0.0479 e. The van der Waals surface area contributed by atoms with Crippen molar-refractivity contribution in [3.05, 3.63) is 21.8 Å². The summed E-state index contributed by atoms with van der Waals surface area (Å²) < 4.78 is 1.23. The number of rotatable bonds is 4. The van der Waals surface area contributed by atoms with Crippen LogP contribution in [0.15, 0.2) is 18.2 Å². The molecule has 1 aromatic carbocycles. The Morgan fingerprint density at radius 1 is 1.28 bits per heavy atom. The predicted octanol–water partition coefficient (Wildman–Crippen LogP) is 4.64. The zero-order chi connectivity index (χ0) is 13.0. The molecule has 0 aromatic heterocycles. The Morgan fingerprint density at radius 3 is 2.61 bits per heavy atom. The van der Waals surface area contributed by atoms with Crippen molar-refractivity contribution in [3.63, 3.8) is 0 Å². The predicted molar refractivity (Wildman–Crippen MR) is 87.8 cm³/mol. The molecule has 0 unspecified atom stereocenters. The monoisotopic (exact) mass is 358 g/mol. The van der Waals surface area contributed by atoms with E-state index in [1.54, 1.807) is 0 Å². The average Bonchev–Trinajstić information content (AvgIpc) is 2.35. The van der Waals surface area contributed by atoms with Crippen molar-refractivity contribution in [1.29, 1.82) is 0 Å². The number of nitrogen functional groups attached to an aromatic ring is 1. The van der Waals surface area contributed by atoms with Crippen LogP contribution in [0, 0.1) is 9.49 Å². The summed E-state index contributed by atoms with van der Waals surface area (Å²) in [6.07, 6.45) is 8.13. The molecule has 0 atom stereocenters. The summed E-state index contributed by atoms with van der Waals surface area (Å²) in [5.74, 6) is 0.971. The first-order chi connectivity index (χ1) is 8.69. The van der Waals surface area contributed by atoms with Crippen molar-refractivity contribution in [2.75, 3.05) is 11.1 Å². The molecular weight excluding hydrogens is 335 g/mol. The van der Waals surface area contributed by atoms with Gasteiger partial charge < -0.3 is 11.1 Å². The Morgan fingerprint density at radius 2 is 2.00 bits per heavy atom. The first-order valence-corrected chi connectivity index (χ1v) is 8.08. The van der Waals surface area contributed by atoms with E-state index in [1.807, 2.05) is 12.1 Å². The lowest BCUT2D eigenvalue weighted by atomic mass is 9.83. The minimum atomic E-state index is 0.648. The maximum Gasteiger partial charge on any atom is 0.0479 e. The highest BCUT2D eigenvalue weighted by Crippen LogP contribution is 2.30. The highest BCUT2D eigenvalue weighted by molar-refractivity contribution is 14.1. The zero-order valence-corrected chi connectivity index (χ0v) is 13.2. The van der Waals surface area contributed by atoms with E-state index in [9.17, 15) is 0 Å². The van der Waals surface area contributed by atoms with Gasteiger partial charge in [0.2, 0.25) is 0 Å². The average molecular weight is 358 g/mol. The van der Waals surface area contributed by atoms with Crippen LogP contribution in [0.5, 0.6) is 0 Å². The largest absolute Gasteiger partial charge is 0.399 e. The summed E-state index contributed by atoms with van der Waals surface area (Å²) in [5, 5.41) is 3.68. The van der Waals surface area contributed by atoms with E-state index in [1.165, 1.54) is 47.8 Å². The van der Waals surface area contributed by atoms with Gasteiger partial charge in [0, 0.05) is 21.0 Å². The molecule has 3 heteroatoms. The van der Waals surface area contributed by atoms with Crippen molar-refractivity contribution >= 4 is 34.0 Å². The summed E-state index contributed by atoms with van der Waals surface area (Å²) in [5.41, 5.74) is 7.86. The molecule has 0 spiro atoms. The SMILES string of the molecule is CCCC1CCC(Nc2ccc(N)cc2I)CC1. The van der Waals surface area contributed by atoms with Gasteiger partial charge in [-0.3, -0.25) is 0 Å². The van der Waals surface area contributed by atoms with Gasteiger partial charge in [-0.2, -0.15) is 0 Å². The second-order valence-corrected chi connectivity index (χ2v) is 6.55. The Bertz CT molecular complexity index is 384. The Balaban J connectivity index is 1.87. The van der Waals surface area contributed by atoms with Crippen molar-refractivity contribution < 1.29 is 0 Å². The van der Waals surface area contributed by atoms with Crippen LogP contribution in [0.3, 0.4) is 0 Å². The van der Waals surface area contributed by atoms with Gasteiger partial charge in [0.1, 0.15) is 0 Å². The van der Waals surface area contributed by atoms with E-state index in [-0.39, 0.29) is 0 Å². The molecule has 0 radical (unpaired) electrons. The zero-order valence-electron chi connectivity index (χ0n) is 11.1. The first kappa shape index (κ1) is 14.0. The van der Waals surface area contributed by atoms with Gasteiger partial charge in [0.15, 0.2) is 0 Å². The molecule has 0 heterocycles. The first-order valence-electron chi connectivity index (χ1n) is 7.00. The molecular formula is C15H23IN2. The maximum absolute atomic E-state index is 5.78. The van der Waals surface area contributed by atoms with Crippen molar-refractivity contribution in [3.8, 4) is 0 Å². The Hall–Kier alpha value is -0.450. The van der Waals surface area contributed by atoms with Crippen LogP contribution in [0.2, 0.25) is 0 Å². The van der Waals surface area contributed by atoms with Gasteiger partial charge in [0.25, 0.3) is 0 Å². The van der Waals surface area contributed by atoms with Crippen LogP contribution in [0.1, 0.15) is 45.4 Å². The molecule has 1 aliphatic carbocycles. The lowest BCUT2D eigenvalue weighted by molar-refractivity contribution is 0.319. The fourth-order valence-corrected chi connectivity index (χ4v) is 3.57. The summed E-state index contributed by atoms with van der Waals surface area (Å²) >= 11 is 2.36. The van der Waals surface area contributed by atoms with Crippen LogP contribution in [0.4, 0.5) is 11.4 Å². The molecule has 0 bridgehead atoms. The topological polar surface area (TPSA) is 38.0 Å². The number of benzene rings is 1. The number of nitrogens with one attached hydrogen (secondary N) is 1. The molecule has 1 aliphatic rings. The molecule has 1 saturated carbocycles. The standard InChI is InChI=1S/C15H23IN2/c1-2-3-11-4-7-13(8-5-11)18-15-9-6-12(17)10-14(15)16/h6,9-11,13,18H,2-5,7-8,17H2,1H3. The number of hydrogen-bond acceptors (Lipinski definition) is 2. The molecule has 0 aliphatic heterocycles. The summed E-state index contributed by atoms with van der Waals surface area (Å²) in [6.45, 7) is 2.29. The van der Waals surface area contributed by atoms with E-state index in [2.05, 4.69) is 40.9 Å². The lowest BCUT2D eigenvalue weighted by Gasteiger charge is -2.30. The fraction of sp³-hybridized carbons (Fsp3) is 0.600. The molecule has 0 saturated heterocycles. The molecule has 1 fully saturated rings. The lowest BCUT2D eigenvalue weighted by Crippen LogP contribution is -2.26. The summed E-state index contributed by atoms with van der Waals surface area (Å²) in [7, 11) is 0. The molecule has 0 amide bonds. The second kappa shape index (κ2) is 6.64. The number of anilines is 2. The quantitative estimate of drug-likeness (QED) is 0.608. The van der Waals surface area contributed by atoms with Crippen molar-refractivity contribution in [2.45, 2.75) is 51.5 Å². The van der Waals surface area contributed by atoms with Crippen molar-refractivity contribution in [2.24, 2.45) is 5.92 Å². The summed E-state index contributed by atoms with van der Waals surface area (Å²) in [4.78, 5) is 0. The van der Waals surface area contributed by atoms with E-state index in [0.717, 1.165) is 11.6 Å². The summed E-state index contributed by atoms with van der Waals surface area (Å²) in [6, 6.07) is 6.77. The third kappa shape index (κ3) is 3.77. The fourth-order valence-electron chi connectivity index (χ4n) is 2.87. The van der Waals surface area contributed by atoms with Crippen LogP contribution in [-0.4, -0.2) is 6.04 Å². The minimum absolute atomic E-state index is 0.648. The second-order valence-electron chi connectivity index (χ2n) is 5.39. The van der Waals surface area contributed by atoms with Gasteiger partial charge >= 0.3 is 0 Å². The Kier molecular flexibility index (Phi) is 5.15. The van der Waals surface area contributed by atoms with Gasteiger partial charge in [-0.1, -0.05) is 19.8 Å². The third-order valence-corrected chi connectivity index (χ3v) is 4.79. The van der Waals surface area contributed by atoms with E-state index in [0.29, 0.717) is 6.04 Å². The third-order valence-electron chi connectivity index (χ3n) is 3.90. The van der Waals surface area contributed by atoms with Crippen molar-refractivity contribution in [1.82, 2.24) is 0 Å². The van der Waals surface area contributed by atoms with E-state index in [4.69, 9.17) is 5.73 Å². The van der Waals surface area contributed by atoms with E-state index >= 15 is 0 Å². The van der Waals surface area contributed by atoms with Crippen LogP contribution >= 0.6 is 22.6 Å². The number of nitrogens with two attached hydrogens (primary N) is 1. The molecule has 18 heavy (non-hydrogen) atoms. The molecule has 1 aromatic rings. The normalized spacial score (nSPS) is 23.9. The molecule has 100 valence electrons. The minimum Gasteiger partial charge on any atom is -0.399 e. The Labute approximate surface area is 124 Å². The van der Waals surface area contributed by atoms with Crippen LogP contribution < -0.4 is 11.1 Å². The van der Waals surface area contributed by atoms with E-state index < -0.39 is 0 Å².